The van der Waals surface area contributed by atoms with Crippen molar-refractivity contribution in [3.63, 3.8) is 0 Å². The molecule has 8 heteroatoms. The summed E-state index contributed by atoms with van der Waals surface area (Å²) in [6.07, 6.45) is 14.0. The van der Waals surface area contributed by atoms with Crippen LogP contribution in [0.15, 0.2) is 0 Å². The summed E-state index contributed by atoms with van der Waals surface area (Å²) in [6, 6.07) is 0. The van der Waals surface area contributed by atoms with Gasteiger partial charge in [-0.15, -0.1) is 0 Å². The predicted molar refractivity (Wildman–Crippen MR) is 151 cm³/mol. The highest BCUT2D eigenvalue weighted by Crippen LogP contribution is 2.23. The molecule has 3 N–H and O–H groups in total. The fourth-order valence-corrected chi connectivity index (χ4v) is 4.82. The summed E-state index contributed by atoms with van der Waals surface area (Å²) in [6.45, 7) is 3.32. The van der Waals surface area contributed by atoms with E-state index in [0.717, 1.165) is 36.7 Å². The van der Waals surface area contributed by atoms with E-state index in [-0.39, 0.29) is 12.6 Å². The van der Waals surface area contributed by atoms with Gasteiger partial charge >= 0.3 is 5.97 Å². The number of hydrogen-bond donors (Lipinski definition) is 3. The van der Waals surface area contributed by atoms with Gasteiger partial charge in [-0.3, -0.25) is 4.79 Å². The zero-order valence-corrected chi connectivity index (χ0v) is 25.0. The summed E-state index contributed by atoms with van der Waals surface area (Å²) in [5.74, 6) is -0.337. The summed E-state index contributed by atoms with van der Waals surface area (Å²) in [5, 5.41) is 30.6. The Morgan fingerprint density at radius 1 is 0.711 bits per heavy atom. The van der Waals surface area contributed by atoms with Crippen LogP contribution in [0.5, 0.6) is 0 Å². The molecule has 0 aromatic carbocycles. The third-order valence-electron chi connectivity index (χ3n) is 7.32. The molecule has 1 saturated heterocycles. The Morgan fingerprint density at radius 3 is 1.71 bits per heavy atom. The number of carbonyl (C=O) groups is 1. The van der Waals surface area contributed by atoms with Gasteiger partial charge in [0, 0.05) is 12.8 Å². The molecule has 1 aliphatic rings. The highest BCUT2D eigenvalue weighted by molar-refractivity contribution is 5.69. The number of unbranched alkanes of at least 4 members (excludes halogenated alkanes) is 14. The van der Waals surface area contributed by atoms with Crippen molar-refractivity contribution in [1.29, 1.82) is 0 Å². The maximum Gasteiger partial charge on any atom is 0.305 e. The van der Waals surface area contributed by atoms with Gasteiger partial charge in [0.2, 0.25) is 0 Å². The van der Waals surface area contributed by atoms with Gasteiger partial charge in [0.25, 0.3) is 0 Å². The summed E-state index contributed by atoms with van der Waals surface area (Å²) in [4.78, 5) is 12.2. The second kappa shape index (κ2) is 21.0. The number of nitrogens with zero attached hydrogens (tertiary/aromatic N) is 1. The van der Waals surface area contributed by atoms with E-state index in [1.165, 1.54) is 77.0 Å². The SMILES string of the molecule is CCCCCCCCCCCCCCCCCC(=O)OC[C@@H]1OC(OCCC[N+](C)(C)C)[C@@H](O)[C@@H](O)[C@@H]1O. The molecule has 1 aliphatic heterocycles. The average molecular weight is 547 g/mol. The molecular formula is C30H60NO7+. The molecule has 0 bridgehead atoms. The van der Waals surface area contributed by atoms with E-state index in [1.54, 1.807) is 0 Å². The molecule has 1 heterocycles. The van der Waals surface area contributed by atoms with Crippen molar-refractivity contribution < 1.29 is 38.8 Å². The lowest BCUT2D eigenvalue weighted by Crippen LogP contribution is -2.59. The normalized spacial score (nSPS) is 24.0. The average Bonchev–Trinajstić information content (AvgIpc) is 2.87. The molecule has 0 saturated carbocycles. The van der Waals surface area contributed by atoms with Gasteiger partial charge < -0.3 is 34.0 Å². The molecule has 1 fully saturated rings. The maximum atomic E-state index is 12.2. The number of rotatable bonds is 23. The van der Waals surface area contributed by atoms with Crippen molar-refractivity contribution in [3.05, 3.63) is 0 Å². The minimum atomic E-state index is -1.42. The van der Waals surface area contributed by atoms with Crippen LogP contribution < -0.4 is 0 Å². The summed E-state index contributed by atoms with van der Waals surface area (Å²) in [5.41, 5.74) is 0. The Hall–Kier alpha value is -0.770. The fraction of sp³-hybridized carbons (Fsp3) is 0.967. The van der Waals surface area contributed by atoms with Gasteiger partial charge in [-0.05, 0) is 6.42 Å². The van der Waals surface area contributed by atoms with Crippen molar-refractivity contribution in [2.45, 2.75) is 147 Å². The van der Waals surface area contributed by atoms with Gasteiger partial charge in [0.1, 0.15) is 31.0 Å². The van der Waals surface area contributed by atoms with Crippen LogP contribution in [0.3, 0.4) is 0 Å². The number of carbonyl (C=O) groups excluding carboxylic acids is 1. The molecule has 226 valence electrons. The second-order valence-electron chi connectivity index (χ2n) is 12.1. The number of quaternary nitrogens is 1. The topological polar surface area (TPSA) is 105 Å². The molecule has 1 unspecified atom stereocenters. The lowest BCUT2D eigenvalue weighted by atomic mass is 9.99. The molecule has 0 amide bonds. The molecule has 0 radical (unpaired) electrons. The minimum absolute atomic E-state index is 0.179. The van der Waals surface area contributed by atoms with Crippen LogP contribution >= 0.6 is 0 Å². The van der Waals surface area contributed by atoms with E-state index in [1.807, 2.05) is 0 Å². The van der Waals surface area contributed by atoms with E-state index < -0.39 is 30.7 Å². The van der Waals surface area contributed by atoms with Crippen LogP contribution in [0.1, 0.15) is 116 Å². The summed E-state index contributed by atoms with van der Waals surface area (Å²) < 4.78 is 17.3. The van der Waals surface area contributed by atoms with E-state index in [4.69, 9.17) is 14.2 Å². The van der Waals surface area contributed by atoms with Crippen LogP contribution in [-0.4, -0.2) is 97.4 Å². The molecule has 0 aromatic heterocycles. The smallest absolute Gasteiger partial charge is 0.305 e. The Balaban J connectivity index is 2.07. The van der Waals surface area contributed by atoms with Gasteiger partial charge in [-0.25, -0.2) is 0 Å². The number of aliphatic hydroxyl groups excluding tert-OH is 3. The van der Waals surface area contributed by atoms with Crippen LogP contribution in [0.4, 0.5) is 0 Å². The monoisotopic (exact) mass is 546 g/mol. The Morgan fingerprint density at radius 2 is 1.21 bits per heavy atom. The lowest BCUT2D eigenvalue weighted by Gasteiger charge is -2.40. The molecule has 5 atom stereocenters. The number of hydrogen-bond acceptors (Lipinski definition) is 7. The van der Waals surface area contributed by atoms with Crippen molar-refractivity contribution in [2.75, 3.05) is 40.9 Å². The first-order chi connectivity index (χ1) is 18.2. The van der Waals surface area contributed by atoms with Crippen molar-refractivity contribution in [3.8, 4) is 0 Å². The molecule has 8 nitrogen and oxygen atoms in total. The van der Waals surface area contributed by atoms with Gasteiger partial charge in [-0.2, -0.15) is 0 Å². The quantitative estimate of drug-likeness (QED) is 0.0968. The van der Waals surface area contributed by atoms with Gasteiger partial charge in [0.05, 0.1) is 34.3 Å². The lowest BCUT2D eigenvalue weighted by molar-refractivity contribution is -0.870. The third kappa shape index (κ3) is 17.0. The molecule has 38 heavy (non-hydrogen) atoms. The minimum Gasteiger partial charge on any atom is -0.463 e. The zero-order chi connectivity index (χ0) is 28.2. The van der Waals surface area contributed by atoms with E-state index in [9.17, 15) is 20.1 Å². The summed E-state index contributed by atoms with van der Waals surface area (Å²) >= 11 is 0. The van der Waals surface area contributed by atoms with Crippen LogP contribution in [0.25, 0.3) is 0 Å². The van der Waals surface area contributed by atoms with Crippen molar-refractivity contribution >= 4 is 5.97 Å². The molecular weight excluding hydrogens is 486 g/mol. The molecule has 1 rings (SSSR count). The van der Waals surface area contributed by atoms with Crippen molar-refractivity contribution in [2.24, 2.45) is 0 Å². The largest absolute Gasteiger partial charge is 0.463 e. The van der Waals surface area contributed by atoms with Gasteiger partial charge in [-0.1, -0.05) is 96.8 Å². The Bertz CT molecular complexity index is 583. The Kier molecular flexibility index (Phi) is 19.5. The van der Waals surface area contributed by atoms with Gasteiger partial charge in [0.15, 0.2) is 6.29 Å². The molecule has 0 spiro atoms. The second-order valence-corrected chi connectivity index (χ2v) is 12.1. The fourth-order valence-electron chi connectivity index (χ4n) is 4.82. The number of ether oxygens (including phenoxy) is 3. The zero-order valence-electron chi connectivity index (χ0n) is 25.0. The third-order valence-corrected chi connectivity index (χ3v) is 7.32. The number of esters is 1. The predicted octanol–water partition coefficient (Wildman–Crippen LogP) is 4.71. The first-order valence-corrected chi connectivity index (χ1v) is 15.4. The highest BCUT2D eigenvalue weighted by atomic mass is 16.7. The maximum absolute atomic E-state index is 12.2. The molecule has 0 aliphatic carbocycles. The van der Waals surface area contributed by atoms with E-state index in [2.05, 4.69) is 28.1 Å². The first kappa shape index (κ1) is 35.3. The number of aliphatic hydroxyl groups is 3. The Labute approximate surface area is 232 Å². The van der Waals surface area contributed by atoms with E-state index in [0.29, 0.717) is 13.0 Å². The summed E-state index contributed by atoms with van der Waals surface area (Å²) in [7, 11) is 6.24. The standard InChI is InChI=1S/C30H60NO7/c1-5-6-7-8-9-10-11-12-13-14-15-16-17-18-19-21-26(32)37-24-25-27(33)28(34)29(35)30(38-25)36-23-20-22-31(2,3)4/h25,27-30,33-35H,5-24H2,1-4H3/q+1/t25-,27+,28-,29-,30?/m0/s1. The highest BCUT2D eigenvalue weighted by Gasteiger charge is 2.44. The first-order valence-electron chi connectivity index (χ1n) is 15.4. The van der Waals surface area contributed by atoms with E-state index >= 15 is 0 Å². The molecule has 0 aromatic rings. The van der Waals surface area contributed by atoms with Crippen LogP contribution in [0, 0.1) is 0 Å². The van der Waals surface area contributed by atoms with Crippen LogP contribution in [0.2, 0.25) is 0 Å². The van der Waals surface area contributed by atoms with Crippen molar-refractivity contribution in [1.82, 2.24) is 0 Å². The van der Waals surface area contributed by atoms with Crippen LogP contribution in [-0.2, 0) is 19.0 Å².